The lowest BCUT2D eigenvalue weighted by Gasteiger charge is -2.16. The molecular formula is C19H20N2O5S. The van der Waals surface area contributed by atoms with Crippen molar-refractivity contribution in [2.24, 2.45) is 23.7 Å². The Balaban J connectivity index is 1.42. The second-order valence-electron chi connectivity index (χ2n) is 7.15. The Morgan fingerprint density at radius 1 is 1.22 bits per heavy atom. The number of nitrogens with zero attached hydrogens (tertiary/aromatic N) is 1. The fourth-order valence-corrected chi connectivity index (χ4v) is 5.37. The van der Waals surface area contributed by atoms with Gasteiger partial charge in [-0.05, 0) is 43.7 Å². The molecule has 0 unspecified atom stereocenters. The number of esters is 1. The zero-order chi connectivity index (χ0) is 19.3. The summed E-state index contributed by atoms with van der Waals surface area (Å²) in [5.41, 5.74) is 0.708. The Labute approximate surface area is 160 Å². The molecule has 0 radical (unpaired) electrons. The zero-order valence-electron chi connectivity index (χ0n) is 15.1. The molecule has 0 aromatic carbocycles. The van der Waals surface area contributed by atoms with E-state index in [-0.39, 0.29) is 48.6 Å². The number of allylic oxidation sites excluding steroid dienone is 2. The van der Waals surface area contributed by atoms with Gasteiger partial charge in [0.15, 0.2) is 0 Å². The highest BCUT2D eigenvalue weighted by Gasteiger charge is 2.59. The summed E-state index contributed by atoms with van der Waals surface area (Å²) in [5.74, 6) is -1.74. The number of anilines is 1. The van der Waals surface area contributed by atoms with Crippen molar-refractivity contribution in [2.75, 3.05) is 18.5 Å². The summed E-state index contributed by atoms with van der Waals surface area (Å²) in [6.07, 6.45) is 4.90. The molecule has 3 aliphatic rings. The van der Waals surface area contributed by atoms with Crippen LogP contribution in [0, 0.1) is 30.6 Å². The van der Waals surface area contributed by atoms with Crippen LogP contribution in [-0.4, -0.2) is 41.7 Å². The molecule has 27 heavy (non-hydrogen) atoms. The van der Waals surface area contributed by atoms with Gasteiger partial charge >= 0.3 is 5.97 Å². The molecule has 1 aromatic heterocycles. The minimum absolute atomic E-state index is 0.122. The first kappa shape index (κ1) is 17.9. The molecule has 1 N–H and O–H groups in total. The van der Waals surface area contributed by atoms with Gasteiger partial charge in [-0.2, -0.15) is 0 Å². The largest absolute Gasteiger partial charge is 0.462 e. The SMILES string of the molecule is CCOC(=O)c1sc(NC(=O)CN2C(=O)[C@H]3[C@H](C2=O)[C@H]2C=C[C@H]3C2)cc1C. The number of rotatable bonds is 5. The standard InChI is InChI=1S/C19H20N2O5S/c1-3-26-19(25)16-9(2)6-13(27-16)20-12(22)8-21-17(23)14-10-4-5-11(7-10)15(14)18(21)24/h4-6,10-11,14-15H,3,7-8H2,1-2H3,(H,20,22)/t10-,11-,14+,15+/m0/s1. The van der Waals surface area contributed by atoms with Crippen LogP contribution >= 0.6 is 11.3 Å². The van der Waals surface area contributed by atoms with E-state index < -0.39 is 11.9 Å². The quantitative estimate of drug-likeness (QED) is 0.473. The van der Waals surface area contributed by atoms with Crippen molar-refractivity contribution in [3.63, 3.8) is 0 Å². The van der Waals surface area contributed by atoms with E-state index in [1.807, 2.05) is 12.2 Å². The highest BCUT2D eigenvalue weighted by atomic mass is 32.1. The summed E-state index contributed by atoms with van der Waals surface area (Å²) in [7, 11) is 0. The predicted octanol–water partition coefficient (Wildman–Crippen LogP) is 1.98. The maximum absolute atomic E-state index is 12.6. The van der Waals surface area contributed by atoms with Gasteiger partial charge in [-0.1, -0.05) is 12.2 Å². The summed E-state index contributed by atoms with van der Waals surface area (Å²) in [6.45, 7) is 3.46. The van der Waals surface area contributed by atoms with Crippen molar-refractivity contribution in [3.05, 3.63) is 28.7 Å². The predicted molar refractivity (Wildman–Crippen MR) is 98.1 cm³/mol. The Morgan fingerprint density at radius 2 is 1.85 bits per heavy atom. The van der Waals surface area contributed by atoms with Crippen LogP contribution in [0.3, 0.4) is 0 Å². The minimum Gasteiger partial charge on any atom is -0.462 e. The molecule has 4 rings (SSSR count). The van der Waals surface area contributed by atoms with E-state index in [0.717, 1.165) is 22.7 Å². The Bertz CT molecular complexity index is 843. The number of imide groups is 1. The van der Waals surface area contributed by atoms with E-state index in [9.17, 15) is 19.2 Å². The van der Waals surface area contributed by atoms with Crippen LogP contribution in [0.4, 0.5) is 5.00 Å². The van der Waals surface area contributed by atoms with Crippen LogP contribution in [0.5, 0.6) is 0 Å². The maximum Gasteiger partial charge on any atom is 0.348 e. The van der Waals surface area contributed by atoms with Gasteiger partial charge < -0.3 is 10.1 Å². The fraction of sp³-hybridized carbons (Fsp3) is 0.474. The van der Waals surface area contributed by atoms with Gasteiger partial charge in [0.2, 0.25) is 17.7 Å². The van der Waals surface area contributed by atoms with E-state index in [1.165, 1.54) is 0 Å². The van der Waals surface area contributed by atoms with Crippen molar-refractivity contribution in [2.45, 2.75) is 20.3 Å². The maximum atomic E-state index is 12.6. The lowest BCUT2D eigenvalue weighted by Crippen LogP contribution is -2.39. The smallest absolute Gasteiger partial charge is 0.348 e. The molecule has 2 heterocycles. The monoisotopic (exact) mass is 388 g/mol. The third-order valence-electron chi connectivity index (χ3n) is 5.50. The molecule has 1 aromatic rings. The minimum atomic E-state index is -0.450. The van der Waals surface area contributed by atoms with Gasteiger partial charge in [0.1, 0.15) is 11.4 Å². The number of ether oxygens (including phenoxy) is 1. The fourth-order valence-electron chi connectivity index (χ4n) is 4.38. The molecule has 2 bridgehead atoms. The number of nitrogens with one attached hydrogen (secondary N) is 1. The second kappa shape index (κ2) is 6.60. The number of hydrogen-bond acceptors (Lipinski definition) is 6. The molecule has 4 atom stereocenters. The molecule has 142 valence electrons. The van der Waals surface area contributed by atoms with Gasteiger partial charge in [-0.15, -0.1) is 11.3 Å². The van der Waals surface area contributed by atoms with E-state index in [2.05, 4.69) is 5.32 Å². The summed E-state index contributed by atoms with van der Waals surface area (Å²) >= 11 is 1.12. The van der Waals surface area contributed by atoms with E-state index >= 15 is 0 Å². The molecule has 1 saturated heterocycles. The van der Waals surface area contributed by atoms with Gasteiger partial charge in [0.05, 0.1) is 23.4 Å². The number of hydrogen-bond donors (Lipinski definition) is 1. The van der Waals surface area contributed by atoms with Crippen LogP contribution in [0.2, 0.25) is 0 Å². The summed E-state index contributed by atoms with van der Waals surface area (Å²) in [4.78, 5) is 51.0. The summed E-state index contributed by atoms with van der Waals surface area (Å²) in [5, 5.41) is 3.17. The van der Waals surface area contributed by atoms with E-state index in [1.54, 1.807) is 19.9 Å². The molecule has 2 aliphatic carbocycles. The van der Waals surface area contributed by atoms with Gasteiger partial charge in [-0.25, -0.2) is 4.79 Å². The highest BCUT2D eigenvalue weighted by molar-refractivity contribution is 7.18. The normalized spacial score (nSPS) is 28.0. The third-order valence-corrected chi connectivity index (χ3v) is 6.64. The van der Waals surface area contributed by atoms with Crippen molar-refractivity contribution < 1.29 is 23.9 Å². The van der Waals surface area contributed by atoms with Crippen LogP contribution < -0.4 is 5.32 Å². The molecule has 1 saturated carbocycles. The second-order valence-corrected chi connectivity index (χ2v) is 8.21. The number of amides is 3. The first-order valence-electron chi connectivity index (χ1n) is 9.01. The Kier molecular flexibility index (Phi) is 4.38. The number of likely N-dealkylation sites (tertiary alicyclic amines) is 1. The van der Waals surface area contributed by atoms with Crippen LogP contribution in [0.1, 0.15) is 28.6 Å². The highest BCUT2D eigenvalue weighted by Crippen LogP contribution is 2.52. The zero-order valence-corrected chi connectivity index (χ0v) is 15.9. The number of carbonyl (C=O) groups excluding carboxylic acids is 4. The summed E-state index contributed by atoms with van der Waals surface area (Å²) in [6, 6.07) is 1.68. The molecule has 8 heteroatoms. The first-order valence-corrected chi connectivity index (χ1v) is 9.83. The third kappa shape index (κ3) is 2.88. The average Bonchev–Trinajstić information content (AvgIpc) is 3.36. The van der Waals surface area contributed by atoms with Crippen molar-refractivity contribution in [1.82, 2.24) is 4.90 Å². The number of aryl methyl sites for hydroxylation is 1. The average molecular weight is 388 g/mol. The van der Waals surface area contributed by atoms with Crippen LogP contribution in [0.25, 0.3) is 0 Å². The van der Waals surface area contributed by atoms with E-state index in [4.69, 9.17) is 4.74 Å². The lowest BCUT2D eigenvalue weighted by molar-refractivity contribution is -0.143. The van der Waals surface area contributed by atoms with Crippen LogP contribution in [-0.2, 0) is 19.1 Å². The van der Waals surface area contributed by atoms with Gasteiger partial charge in [-0.3, -0.25) is 19.3 Å². The van der Waals surface area contributed by atoms with Crippen LogP contribution in [0.15, 0.2) is 18.2 Å². The molecule has 1 aliphatic heterocycles. The molecule has 7 nitrogen and oxygen atoms in total. The van der Waals surface area contributed by atoms with Crippen molar-refractivity contribution >= 4 is 40.0 Å². The van der Waals surface area contributed by atoms with Crippen molar-refractivity contribution in [1.29, 1.82) is 0 Å². The topological polar surface area (TPSA) is 92.8 Å². The van der Waals surface area contributed by atoms with Gasteiger partial charge in [0.25, 0.3) is 0 Å². The lowest BCUT2D eigenvalue weighted by atomic mass is 9.85. The number of carbonyl (C=O) groups is 4. The Morgan fingerprint density at radius 3 is 2.44 bits per heavy atom. The number of fused-ring (bicyclic) bond motifs is 5. The number of thiophene rings is 1. The van der Waals surface area contributed by atoms with Gasteiger partial charge in [0, 0.05) is 0 Å². The molecule has 0 spiro atoms. The molecule has 2 fully saturated rings. The molecular weight excluding hydrogens is 368 g/mol. The van der Waals surface area contributed by atoms with Crippen molar-refractivity contribution in [3.8, 4) is 0 Å². The summed E-state index contributed by atoms with van der Waals surface area (Å²) < 4.78 is 4.99. The van der Waals surface area contributed by atoms with E-state index in [0.29, 0.717) is 15.4 Å². The molecule has 3 amide bonds. The Hall–Kier alpha value is -2.48. The first-order chi connectivity index (χ1) is 12.9.